The summed E-state index contributed by atoms with van der Waals surface area (Å²) in [5, 5.41) is 3.43. The van der Waals surface area contributed by atoms with Crippen LogP contribution in [-0.4, -0.2) is 20.1 Å². The zero-order chi connectivity index (χ0) is 11.4. The molecule has 0 heterocycles. The maximum absolute atomic E-state index is 11.4. The standard InChI is InChI=1S/C10H11BrClNO2/c1-13-9(10(14)15-2)6-3-4-7(11)8(12)5-6/h3-5,9,13H,1-2H3. The molecule has 0 bridgehead atoms. The van der Waals surface area contributed by atoms with Crippen molar-refractivity contribution < 1.29 is 9.53 Å². The highest BCUT2D eigenvalue weighted by molar-refractivity contribution is 9.10. The highest BCUT2D eigenvalue weighted by Gasteiger charge is 2.19. The predicted molar refractivity (Wildman–Crippen MR) is 63.0 cm³/mol. The number of ether oxygens (including phenoxy) is 1. The van der Waals surface area contributed by atoms with Crippen LogP contribution in [0.4, 0.5) is 0 Å². The first-order valence-electron chi connectivity index (χ1n) is 4.30. The molecule has 0 spiro atoms. The number of nitrogens with one attached hydrogen (secondary N) is 1. The molecule has 1 unspecified atom stereocenters. The van der Waals surface area contributed by atoms with Gasteiger partial charge in [-0.3, -0.25) is 0 Å². The second kappa shape index (κ2) is 5.49. The van der Waals surface area contributed by atoms with Gasteiger partial charge in [0.1, 0.15) is 6.04 Å². The third-order valence-electron chi connectivity index (χ3n) is 2.00. The Morgan fingerprint density at radius 1 is 1.60 bits per heavy atom. The molecule has 0 saturated heterocycles. The summed E-state index contributed by atoms with van der Waals surface area (Å²) in [6.45, 7) is 0. The molecule has 1 aromatic rings. The summed E-state index contributed by atoms with van der Waals surface area (Å²) < 4.78 is 5.47. The molecular formula is C10H11BrClNO2. The number of benzene rings is 1. The summed E-state index contributed by atoms with van der Waals surface area (Å²) in [4.78, 5) is 11.4. The van der Waals surface area contributed by atoms with Crippen molar-refractivity contribution in [3.05, 3.63) is 33.3 Å². The van der Waals surface area contributed by atoms with E-state index in [0.717, 1.165) is 10.0 Å². The van der Waals surface area contributed by atoms with Crippen molar-refractivity contribution in [2.45, 2.75) is 6.04 Å². The number of hydrogen-bond acceptors (Lipinski definition) is 3. The zero-order valence-electron chi connectivity index (χ0n) is 8.38. The number of methoxy groups -OCH3 is 1. The van der Waals surface area contributed by atoms with Crippen LogP contribution in [0.5, 0.6) is 0 Å². The summed E-state index contributed by atoms with van der Waals surface area (Å²) in [7, 11) is 3.05. The van der Waals surface area contributed by atoms with Crippen molar-refractivity contribution in [2.75, 3.05) is 14.2 Å². The van der Waals surface area contributed by atoms with E-state index in [4.69, 9.17) is 11.6 Å². The Bertz CT molecular complexity index is 370. The Labute approximate surface area is 102 Å². The highest BCUT2D eigenvalue weighted by atomic mass is 79.9. The van der Waals surface area contributed by atoms with Crippen molar-refractivity contribution in [3.8, 4) is 0 Å². The van der Waals surface area contributed by atoms with Crippen LogP contribution < -0.4 is 5.32 Å². The molecule has 0 aliphatic carbocycles. The number of carbonyl (C=O) groups is 1. The summed E-state index contributed by atoms with van der Waals surface area (Å²) in [6, 6.07) is 4.85. The third-order valence-corrected chi connectivity index (χ3v) is 3.24. The van der Waals surface area contributed by atoms with Gasteiger partial charge in [-0.05, 0) is 40.7 Å². The first-order chi connectivity index (χ1) is 7.10. The Morgan fingerprint density at radius 2 is 2.27 bits per heavy atom. The molecule has 0 radical (unpaired) electrons. The van der Waals surface area contributed by atoms with Gasteiger partial charge in [0.15, 0.2) is 0 Å². The molecule has 0 aromatic heterocycles. The Morgan fingerprint density at radius 3 is 2.73 bits per heavy atom. The minimum atomic E-state index is -0.486. The second-order valence-corrected chi connectivity index (χ2v) is 4.18. The van der Waals surface area contributed by atoms with Crippen LogP contribution in [0.2, 0.25) is 5.02 Å². The Balaban J connectivity index is 3.02. The Hall–Kier alpha value is -0.580. The molecule has 0 aliphatic rings. The molecule has 0 fully saturated rings. The number of carbonyl (C=O) groups excluding carboxylic acids is 1. The van der Waals surface area contributed by atoms with E-state index in [1.165, 1.54) is 7.11 Å². The molecular weight excluding hydrogens is 281 g/mol. The molecule has 1 atom stereocenters. The van der Waals surface area contributed by atoms with Gasteiger partial charge in [0.25, 0.3) is 0 Å². The summed E-state index contributed by atoms with van der Waals surface area (Å²) >= 11 is 9.22. The van der Waals surface area contributed by atoms with Crippen LogP contribution in [-0.2, 0) is 9.53 Å². The van der Waals surface area contributed by atoms with Crippen molar-refractivity contribution in [1.82, 2.24) is 5.32 Å². The fraction of sp³-hybridized carbons (Fsp3) is 0.300. The van der Waals surface area contributed by atoms with E-state index < -0.39 is 6.04 Å². The first-order valence-corrected chi connectivity index (χ1v) is 5.47. The van der Waals surface area contributed by atoms with Gasteiger partial charge in [0.2, 0.25) is 0 Å². The van der Waals surface area contributed by atoms with E-state index in [1.807, 2.05) is 6.07 Å². The quantitative estimate of drug-likeness (QED) is 0.870. The predicted octanol–water partition coefficient (Wildman–Crippen LogP) is 2.54. The van der Waals surface area contributed by atoms with Crippen LogP contribution >= 0.6 is 27.5 Å². The van der Waals surface area contributed by atoms with Gasteiger partial charge in [-0.1, -0.05) is 17.7 Å². The smallest absolute Gasteiger partial charge is 0.327 e. The van der Waals surface area contributed by atoms with Gasteiger partial charge < -0.3 is 10.1 Å². The molecule has 1 N–H and O–H groups in total. The fourth-order valence-corrected chi connectivity index (χ4v) is 1.67. The largest absolute Gasteiger partial charge is 0.468 e. The van der Waals surface area contributed by atoms with E-state index in [0.29, 0.717) is 5.02 Å². The number of hydrogen-bond donors (Lipinski definition) is 1. The number of likely N-dealkylation sites (N-methyl/N-ethyl adjacent to an activating group) is 1. The van der Waals surface area contributed by atoms with Crippen molar-refractivity contribution in [3.63, 3.8) is 0 Å². The molecule has 0 amide bonds. The van der Waals surface area contributed by atoms with Gasteiger partial charge >= 0.3 is 5.97 Å². The molecule has 15 heavy (non-hydrogen) atoms. The molecule has 3 nitrogen and oxygen atoms in total. The molecule has 0 saturated carbocycles. The minimum Gasteiger partial charge on any atom is -0.468 e. The zero-order valence-corrected chi connectivity index (χ0v) is 10.7. The van der Waals surface area contributed by atoms with Crippen LogP contribution in [0.15, 0.2) is 22.7 Å². The number of rotatable bonds is 3. The molecule has 1 rings (SSSR count). The van der Waals surface area contributed by atoms with Gasteiger partial charge in [0.05, 0.1) is 12.1 Å². The lowest BCUT2D eigenvalue weighted by molar-refractivity contribution is -0.143. The monoisotopic (exact) mass is 291 g/mol. The summed E-state index contributed by atoms with van der Waals surface area (Å²) in [5.41, 5.74) is 0.776. The van der Waals surface area contributed by atoms with E-state index in [1.54, 1.807) is 19.2 Å². The van der Waals surface area contributed by atoms with E-state index in [-0.39, 0.29) is 5.97 Å². The average molecular weight is 293 g/mol. The average Bonchev–Trinajstić information content (AvgIpc) is 2.24. The third kappa shape index (κ3) is 2.93. The van der Waals surface area contributed by atoms with Crippen LogP contribution in [0.3, 0.4) is 0 Å². The first kappa shape index (κ1) is 12.5. The van der Waals surface area contributed by atoms with Crippen molar-refractivity contribution >= 4 is 33.5 Å². The van der Waals surface area contributed by atoms with Crippen LogP contribution in [0.1, 0.15) is 11.6 Å². The van der Waals surface area contributed by atoms with Gasteiger partial charge in [-0.15, -0.1) is 0 Å². The van der Waals surface area contributed by atoms with E-state index in [2.05, 4.69) is 26.0 Å². The van der Waals surface area contributed by atoms with Crippen molar-refractivity contribution in [1.29, 1.82) is 0 Å². The lowest BCUT2D eigenvalue weighted by Crippen LogP contribution is -2.26. The van der Waals surface area contributed by atoms with Gasteiger partial charge in [-0.2, -0.15) is 0 Å². The van der Waals surface area contributed by atoms with Crippen LogP contribution in [0, 0.1) is 0 Å². The fourth-order valence-electron chi connectivity index (χ4n) is 1.23. The molecule has 5 heteroatoms. The maximum Gasteiger partial charge on any atom is 0.327 e. The van der Waals surface area contributed by atoms with Crippen LogP contribution in [0.25, 0.3) is 0 Å². The van der Waals surface area contributed by atoms with Crippen molar-refractivity contribution in [2.24, 2.45) is 0 Å². The molecule has 0 aliphatic heterocycles. The Kier molecular flexibility index (Phi) is 4.57. The summed E-state index contributed by atoms with van der Waals surface area (Å²) in [5.74, 6) is -0.337. The highest BCUT2D eigenvalue weighted by Crippen LogP contribution is 2.26. The lowest BCUT2D eigenvalue weighted by atomic mass is 10.1. The number of esters is 1. The van der Waals surface area contributed by atoms with E-state index in [9.17, 15) is 4.79 Å². The van der Waals surface area contributed by atoms with Gasteiger partial charge in [0, 0.05) is 4.47 Å². The topological polar surface area (TPSA) is 38.3 Å². The molecule has 82 valence electrons. The van der Waals surface area contributed by atoms with Gasteiger partial charge in [-0.25, -0.2) is 4.79 Å². The minimum absolute atomic E-state index is 0.337. The summed E-state index contributed by atoms with van der Waals surface area (Å²) in [6.07, 6.45) is 0. The number of halogens is 2. The molecule has 1 aromatic carbocycles. The second-order valence-electron chi connectivity index (χ2n) is 2.92. The van der Waals surface area contributed by atoms with E-state index >= 15 is 0 Å². The normalized spacial score (nSPS) is 12.3. The maximum atomic E-state index is 11.4. The SMILES string of the molecule is CNC(C(=O)OC)c1ccc(Br)c(Cl)c1. The lowest BCUT2D eigenvalue weighted by Gasteiger charge is -2.14.